The minimum absolute atomic E-state index is 0.389. The molecule has 29 heavy (non-hydrogen) atoms. The van der Waals surface area contributed by atoms with Crippen molar-refractivity contribution in [2.45, 2.75) is 56.9 Å². The minimum Gasteiger partial charge on any atom is -0.497 e. The van der Waals surface area contributed by atoms with Crippen LogP contribution in [0.3, 0.4) is 0 Å². The van der Waals surface area contributed by atoms with Gasteiger partial charge in [0.15, 0.2) is 5.79 Å². The summed E-state index contributed by atoms with van der Waals surface area (Å²) >= 11 is 0. The maximum Gasteiger partial charge on any atom is 0.164 e. The van der Waals surface area contributed by atoms with E-state index in [-0.39, 0.29) is 0 Å². The van der Waals surface area contributed by atoms with E-state index in [2.05, 4.69) is 0 Å². The van der Waals surface area contributed by atoms with Crippen LogP contribution in [0, 0.1) is 0 Å². The van der Waals surface area contributed by atoms with Gasteiger partial charge in [0.25, 0.3) is 0 Å². The second kappa shape index (κ2) is 9.13. The highest BCUT2D eigenvalue weighted by molar-refractivity contribution is 5.28. The Labute approximate surface area is 172 Å². The molecule has 1 fully saturated rings. The van der Waals surface area contributed by atoms with E-state index in [1.807, 2.05) is 48.5 Å². The van der Waals surface area contributed by atoms with Crippen LogP contribution in [-0.4, -0.2) is 54.6 Å². The summed E-state index contributed by atoms with van der Waals surface area (Å²) in [6.45, 7) is 3.58. The molecule has 1 aliphatic rings. The van der Waals surface area contributed by atoms with Crippen molar-refractivity contribution in [3.8, 4) is 11.5 Å². The average molecular weight is 402 g/mol. The molecule has 0 spiro atoms. The molecule has 0 bridgehead atoms. The summed E-state index contributed by atoms with van der Waals surface area (Å²) in [6, 6.07) is 15.1. The Morgan fingerprint density at radius 1 is 0.759 bits per heavy atom. The van der Waals surface area contributed by atoms with Crippen LogP contribution in [0.2, 0.25) is 0 Å². The van der Waals surface area contributed by atoms with Gasteiger partial charge in [-0.05, 0) is 49.2 Å². The summed E-state index contributed by atoms with van der Waals surface area (Å²) < 4.78 is 22.3. The molecule has 3 rings (SSSR count). The van der Waals surface area contributed by atoms with Crippen LogP contribution in [0.5, 0.6) is 11.5 Å². The second-order valence-corrected chi connectivity index (χ2v) is 7.80. The van der Waals surface area contributed by atoms with Gasteiger partial charge in [-0.1, -0.05) is 24.3 Å². The number of ether oxygens (including phenoxy) is 4. The van der Waals surface area contributed by atoms with E-state index in [0.29, 0.717) is 12.8 Å². The lowest BCUT2D eigenvalue weighted by Gasteiger charge is -2.26. The lowest BCUT2D eigenvalue weighted by atomic mass is 9.94. The summed E-state index contributed by atoms with van der Waals surface area (Å²) in [6.07, 6.45) is -2.14. The van der Waals surface area contributed by atoms with Crippen LogP contribution < -0.4 is 9.47 Å². The first kappa shape index (κ1) is 21.6. The van der Waals surface area contributed by atoms with Crippen LogP contribution in [-0.2, 0) is 22.3 Å². The number of rotatable bonds is 8. The fourth-order valence-electron chi connectivity index (χ4n) is 3.65. The van der Waals surface area contributed by atoms with Crippen LogP contribution in [0.25, 0.3) is 0 Å². The van der Waals surface area contributed by atoms with Crippen LogP contribution in [0.1, 0.15) is 25.0 Å². The molecule has 158 valence electrons. The molecule has 1 aliphatic heterocycles. The molecular weight excluding hydrogens is 372 g/mol. The molecule has 0 unspecified atom stereocenters. The Morgan fingerprint density at radius 3 is 1.41 bits per heavy atom. The Morgan fingerprint density at radius 2 is 1.10 bits per heavy atom. The van der Waals surface area contributed by atoms with E-state index in [1.165, 1.54) is 0 Å². The molecule has 0 saturated carbocycles. The minimum atomic E-state index is -0.878. The molecule has 2 N–H and O–H groups in total. The van der Waals surface area contributed by atoms with E-state index in [9.17, 15) is 10.2 Å². The van der Waals surface area contributed by atoms with Gasteiger partial charge in [0.2, 0.25) is 0 Å². The second-order valence-electron chi connectivity index (χ2n) is 7.80. The van der Waals surface area contributed by atoms with E-state index < -0.39 is 30.2 Å². The topological polar surface area (TPSA) is 77.4 Å². The summed E-state index contributed by atoms with van der Waals surface area (Å²) in [7, 11) is 3.23. The van der Waals surface area contributed by atoms with Gasteiger partial charge < -0.3 is 29.2 Å². The fraction of sp³-hybridized carbons (Fsp3) is 0.478. The van der Waals surface area contributed by atoms with Gasteiger partial charge in [0.05, 0.1) is 26.4 Å². The molecule has 6 nitrogen and oxygen atoms in total. The van der Waals surface area contributed by atoms with E-state index in [0.717, 1.165) is 22.6 Å². The normalized spacial score (nSPS) is 22.8. The molecule has 1 saturated heterocycles. The lowest BCUT2D eigenvalue weighted by molar-refractivity contribution is -0.160. The number of aliphatic hydroxyl groups excluding tert-OH is 2. The molecule has 0 radical (unpaired) electrons. The number of hydrogen-bond acceptors (Lipinski definition) is 6. The first-order valence-corrected chi connectivity index (χ1v) is 9.79. The number of methoxy groups -OCH3 is 2. The SMILES string of the molecule is COc1ccc(C[C@H](O)[C@@H]2OC(C)(C)O[C@H]2[C@@H](O)Cc2ccc(OC)cc2)cc1. The molecular formula is C23H30O6. The predicted octanol–water partition coefficient (Wildman–Crippen LogP) is 2.73. The zero-order chi connectivity index (χ0) is 21.0. The van der Waals surface area contributed by atoms with Crippen molar-refractivity contribution in [2.24, 2.45) is 0 Å². The largest absolute Gasteiger partial charge is 0.497 e. The molecule has 2 aromatic carbocycles. The Kier molecular flexibility index (Phi) is 6.80. The maximum absolute atomic E-state index is 10.9. The maximum atomic E-state index is 10.9. The Balaban J connectivity index is 1.69. The van der Waals surface area contributed by atoms with Crippen molar-refractivity contribution < 1.29 is 29.2 Å². The van der Waals surface area contributed by atoms with Crippen LogP contribution in [0.15, 0.2) is 48.5 Å². The zero-order valence-corrected chi connectivity index (χ0v) is 17.4. The molecule has 6 heteroatoms. The lowest BCUT2D eigenvalue weighted by Crippen LogP contribution is -2.44. The standard InChI is InChI=1S/C23H30O6/c1-23(2)28-21(19(24)13-15-5-9-17(26-3)10-6-15)22(29-23)20(25)14-16-7-11-18(27-4)12-8-16/h5-12,19-22,24-25H,13-14H2,1-4H3/t19-,20-,21-,22-/m0/s1. The molecule has 0 amide bonds. The van der Waals surface area contributed by atoms with Crippen molar-refractivity contribution >= 4 is 0 Å². The highest BCUT2D eigenvalue weighted by atomic mass is 16.8. The van der Waals surface area contributed by atoms with Crippen molar-refractivity contribution in [3.63, 3.8) is 0 Å². The van der Waals surface area contributed by atoms with Crippen molar-refractivity contribution in [3.05, 3.63) is 59.7 Å². The summed E-state index contributed by atoms with van der Waals surface area (Å²) in [4.78, 5) is 0. The fourth-order valence-corrected chi connectivity index (χ4v) is 3.65. The number of aliphatic hydroxyl groups is 2. The highest BCUT2D eigenvalue weighted by Gasteiger charge is 2.47. The van der Waals surface area contributed by atoms with Crippen molar-refractivity contribution in [1.29, 1.82) is 0 Å². The molecule has 1 heterocycles. The number of benzene rings is 2. The molecule has 0 aromatic heterocycles. The smallest absolute Gasteiger partial charge is 0.164 e. The monoisotopic (exact) mass is 402 g/mol. The first-order valence-electron chi connectivity index (χ1n) is 9.79. The van der Waals surface area contributed by atoms with Gasteiger partial charge in [-0.3, -0.25) is 0 Å². The van der Waals surface area contributed by atoms with Crippen LogP contribution >= 0.6 is 0 Å². The van der Waals surface area contributed by atoms with Gasteiger partial charge in [0, 0.05) is 12.8 Å². The molecule has 0 aliphatic carbocycles. The summed E-state index contributed by atoms with van der Waals surface area (Å²) in [5, 5.41) is 21.7. The van der Waals surface area contributed by atoms with Crippen LogP contribution in [0.4, 0.5) is 0 Å². The van der Waals surface area contributed by atoms with E-state index in [1.54, 1.807) is 28.1 Å². The van der Waals surface area contributed by atoms with Crippen molar-refractivity contribution in [1.82, 2.24) is 0 Å². The molecule has 4 atom stereocenters. The van der Waals surface area contributed by atoms with E-state index >= 15 is 0 Å². The third kappa shape index (κ3) is 5.48. The highest BCUT2D eigenvalue weighted by Crippen LogP contribution is 2.33. The van der Waals surface area contributed by atoms with Gasteiger partial charge in [0.1, 0.15) is 23.7 Å². The first-order chi connectivity index (χ1) is 13.8. The summed E-state index contributed by atoms with van der Waals surface area (Å²) in [5.41, 5.74) is 1.91. The Hall–Kier alpha value is -2.12. The predicted molar refractivity (Wildman–Crippen MR) is 109 cm³/mol. The van der Waals surface area contributed by atoms with Gasteiger partial charge >= 0.3 is 0 Å². The van der Waals surface area contributed by atoms with E-state index in [4.69, 9.17) is 18.9 Å². The summed E-state index contributed by atoms with van der Waals surface area (Å²) in [5.74, 6) is 0.645. The molecule has 2 aromatic rings. The zero-order valence-electron chi connectivity index (χ0n) is 17.4. The third-order valence-corrected chi connectivity index (χ3v) is 5.13. The third-order valence-electron chi connectivity index (χ3n) is 5.13. The number of hydrogen-bond donors (Lipinski definition) is 2. The quantitative estimate of drug-likeness (QED) is 0.707. The van der Waals surface area contributed by atoms with Gasteiger partial charge in [-0.15, -0.1) is 0 Å². The average Bonchev–Trinajstić information content (AvgIpc) is 3.05. The van der Waals surface area contributed by atoms with Gasteiger partial charge in [-0.2, -0.15) is 0 Å². The Bertz CT molecular complexity index is 705. The van der Waals surface area contributed by atoms with Gasteiger partial charge in [-0.25, -0.2) is 0 Å². The van der Waals surface area contributed by atoms with Crippen molar-refractivity contribution in [2.75, 3.05) is 14.2 Å².